The largest absolute Gasteiger partial charge is 0.493 e. The van der Waals surface area contributed by atoms with E-state index < -0.39 is 0 Å². The normalized spacial score (nSPS) is 19.0. The molecule has 8 heteroatoms. The molecule has 8 nitrogen and oxygen atoms in total. The van der Waals surface area contributed by atoms with Crippen LogP contribution in [0.2, 0.25) is 0 Å². The third kappa shape index (κ3) is 5.99. The quantitative estimate of drug-likeness (QED) is 0.380. The molecule has 0 saturated carbocycles. The molecule has 2 heterocycles. The van der Waals surface area contributed by atoms with Crippen molar-refractivity contribution < 1.29 is 28.5 Å². The molecule has 3 aromatic carbocycles. The molecule has 0 aromatic heterocycles. The number of nitrogens with zero attached hydrogens (tertiary/aromatic N) is 1. The average molecular weight is 563 g/mol. The molecule has 3 atom stereocenters. The lowest BCUT2D eigenvalue weighted by molar-refractivity contribution is -0.139. The van der Waals surface area contributed by atoms with Crippen LogP contribution in [0.5, 0.6) is 23.0 Å². The van der Waals surface area contributed by atoms with E-state index in [0.29, 0.717) is 42.6 Å². The summed E-state index contributed by atoms with van der Waals surface area (Å²) in [7, 11) is 8.44. The Morgan fingerprint density at radius 1 is 0.805 bits per heavy atom. The number of fused-ring (bicyclic) bond motifs is 3. The lowest BCUT2D eigenvalue weighted by Crippen LogP contribution is -2.52. The van der Waals surface area contributed by atoms with Gasteiger partial charge in [-0.15, -0.1) is 0 Å². The molecule has 0 fully saturated rings. The Hall–Kier alpha value is -3.75. The van der Waals surface area contributed by atoms with E-state index in [1.807, 2.05) is 80.4 Å². The van der Waals surface area contributed by atoms with Gasteiger partial charge in [-0.3, -0.25) is 4.79 Å². The minimum atomic E-state index is -0.302. The number of methoxy groups -OCH3 is 4. The molecule has 2 unspecified atom stereocenters. The van der Waals surface area contributed by atoms with Gasteiger partial charge in [0.05, 0.1) is 66.2 Å². The first-order valence-corrected chi connectivity index (χ1v) is 14.1. The van der Waals surface area contributed by atoms with Crippen molar-refractivity contribution in [3.8, 4) is 23.0 Å². The zero-order valence-corrected chi connectivity index (χ0v) is 25.2. The maximum Gasteiger partial charge on any atom is 0.227 e. The fourth-order valence-corrected chi connectivity index (χ4v) is 5.99. The van der Waals surface area contributed by atoms with Gasteiger partial charge < -0.3 is 33.9 Å². The maximum atomic E-state index is 14.1. The van der Waals surface area contributed by atoms with E-state index in [4.69, 9.17) is 23.7 Å². The Balaban J connectivity index is 0.00000189. The lowest BCUT2D eigenvalue weighted by atomic mass is 9.83. The number of carbonyl (C=O) groups is 1. The van der Waals surface area contributed by atoms with Crippen molar-refractivity contribution in [2.24, 2.45) is 0 Å². The summed E-state index contributed by atoms with van der Waals surface area (Å²) >= 11 is 0. The summed E-state index contributed by atoms with van der Waals surface area (Å²) in [6, 6.07) is 17.4. The fourth-order valence-electron chi connectivity index (χ4n) is 5.99. The summed E-state index contributed by atoms with van der Waals surface area (Å²) in [6.45, 7) is 4.80. The maximum absolute atomic E-state index is 14.1. The van der Waals surface area contributed by atoms with Crippen LogP contribution in [0.1, 0.15) is 53.7 Å². The second-order valence-electron chi connectivity index (χ2n) is 9.84. The number of amides is 1. The highest BCUT2D eigenvalue weighted by Gasteiger charge is 2.44. The molecule has 0 bridgehead atoms. The molecule has 5 rings (SSSR count). The Bertz CT molecular complexity index is 1330. The van der Waals surface area contributed by atoms with Crippen molar-refractivity contribution >= 4 is 5.91 Å². The van der Waals surface area contributed by atoms with Gasteiger partial charge in [0.25, 0.3) is 0 Å². The SMILES string of the molecule is CC.CN[C@@H]1c2cc(OC)c(OC)cc2CC(=O)N2C(COCc3ccccc3)c3cc(OC)c(OC)cc3CC12. The van der Waals surface area contributed by atoms with Crippen LogP contribution >= 0.6 is 0 Å². The Labute approximate surface area is 243 Å². The highest BCUT2D eigenvalue weighted by Crippen LogP contribution is 2.46. The van der Waals surface area contributed by atoms with Crippen molar-refractivity contribution in [2.45, 2.75) is 51.4 Å². The number of hydrogen-bond donors (Lipinski definition) is 1. The molecular formula is C33H42N2O6. The molecule has 1 amide bonds. The van der Waals surface area contributed by atoms with Crippen LogP contribution in [-0.2, 0) is 29.0 Å². The number of ether oxygens (including phenoxy) is 5. The monoisotopic (exact) mass is 562 g/mol. The molecule has 2 aliphatic heterocycles. The van der Waals surface area contributed by atoms with Gasteiger partial charge in [0.15, 0.2) is 23.0 Å². The summed E-state index contributed by atoms with van der Waals surface area (Å²) in [5.41, 5.74) is 5.17. The van der Waals surface area contributed by atoms with Crippen molar-refractivity contribution in [3.05, 3.63) is 82.4 Å². The zero-order chi connectivity index (χ0) is 29.5. The average Bonchev–Trinajstić information content (AvgIpc) is 3.13. The van der Waals surface area contributed by atoms with E-state index in [0.717, 1.165) is 27.8 Å². The topological polar surface area (TPSA) is 78.5 Å². The van der Waals surface area contributed by atoms with Crippen LogP contribution in [-0.4, -0.2) is 58.9 Å². The third-order valence-electron chi connectivity index (χ3n) is 7.82. The fraction of sp³-hybridized carbons (Fsp3) is 0.424. The summed E-state index contributed by atoms with van der Waals surface area (Å²) in [6.07, 6.45) is 0.901. The number of likely N-dealkylation sites (N-methyl/N-ethyl adjacent to an activating group) is 1. The van der Waals surface area contributed by atoms with Gasteiger partial charge in [0.2, 0.25) is 5.91 Å². The van der Waals surface area contributed by atoms with Crippen molar-refractivity contribution in [3.63, 3.8) is 0 Å². The Morgan fingerprint density at radius 3 is 1.95 bits per heavy atom. The van der Waals surface area contributed by atoms with E-state index in [1.165, 1.54) is 0 Å². The van der Waals surface area contributed by atoms with Gasteiger partial charge in [-0.25, -0.2) is 0 Å². The first-order chi connectivity index (χ1) is 20.0. The highest BCUT2D eigenvalue weighted by atomic mass is 16.5. The van der Waals surface area contributed by atoms with Crippen molar-refractivity contribution in [2.75, 3.05) is 42.1 Å². The van der Waals surface area contributed by atoms with E-state index in [2.05, 4.69) is 5.32 Å². The molecular weight excluding hydrogens is 520 g/mol. The summed E-state index contributed by atoms with van der Waals surface area (Å²) < 4.78 is 28.8. The number of benzene rings is 3. The van der Waals surface area contributed by atoms with Crippen LogP contribution < -0.4 is 24.3 Å². The number of nitrogens with one attached hydrogen (secondary N) is 1. The minimum Gasteiger partial charge on any atom is -0.493 e. The predicted molar refractivity (Wildman–Crippen MR) is 159 cm³/mol. The molecule has 41 heavy (non-hydrogen) atoms. The van der Waals surface area contributed by atoms with E-state index in [-0.39, 0.29) is 30.5 Å². The number of hydrogen-bond acceptors (Lipinski definition) is 7. The third-order valence-corrected chi connectivity index (χ3v) is 7.82. The van der Waals surface area contributed by atoms with Crippen LogP contribution in [0.4, 0.5) is 0 Å². The highest BCUT2D eigenvalue weighted by molar-refractivity contribution is 5.82. The van der Waals surface area contributed by atoms with Gasteiger partial charge in [-0.2, -0.15) is 0 Å². The first kappa shape index (κ1) is 30.2. The Kier molecular flexibility index (Phi) is 10.1. The van der Waals surface area contributed by atoms with E-state index in [1.54, 1.807) is 28.4 Å². The van der Waals surface area contributed by atoms with Gasteiger partial charge in [0.1, 0.15) is 0 Å². The number of rotatable bonds is 9. The van der Waals surface area contributed by atoms with Gasteiger partial charge in [-0.05, 0) is 65.6 Å². The Morgan fingerprint density at radius 2 is 1.37 bits per heavy atom. The van der Waals surface area contributed by atoms with Crippen molar-refractivity contribution in [1.29, 1.82) is 0 Å². The number of carbonyl (C=O) groups excluding carboxylic acids is 1. The smallest absolute Gasteiger partial charge is 0.227 e. The van der Waals surface area contributed by atoms with Crippen LogP contribution in [0.15, 0.2) is 54.6 Å². The van der Waals surface area contributed by atoms with Gasteiger partial charge >= 0.3 is 0 Å². The molecule has 0 spiro atoms. The first-order valence-electron chi connectivity index (χ1n) is 14.1. The summed E-state index contributed by atoms with van der Waals surface area (Å²) in [5.74, 6) is 2.59. The minimum absolute atomic E-state index is 0.0416. The summed E-state index contributed by atoms with van der Waals surface area (Å²) in [5, 5.41) is 3.51. The standard InChI is InChI=1S/C31H36N2O6.C2H6/c1-32-31-23-16-29(38-5)27(36-3)13-21(23)14-30(34)33-24(31)11-20-12-26(35-2)28(37-4)15-22(20)25(33)18-39-17-19-9-7-6-8-10-19;1-2/h6-10,12-13,15-16,24-25,31-32H,11,14,17-18H2,1-5H3;1-2H3/t24?,25?,31-;/m1./s1. The molecule has 220 valence electrons. The van der Waals surface area contributed by atoms with Crippen LogP contribution in [0, 0.1) is 0 Å². The second kappa shape index (κ2) is 13.7. The molecule has 0 aliphatic carbocycles. The molecule has 0 radical (unpaired) electrons. The molecule has 3 aromatic rings. The molecule has 1 N–H and O–H groups in total. The lowest BCUT2D eigenvalue weighted by Gasteiger charge is -2.45. The van der Waals surface area contributed by atoms with E-state index in [9.17, 15) is 4.79 Å². The van der Waals surface area contributed by atoms with Crippen LogP contribution in [0.3, 0.4) is 0 Å². The molecule has 2 aliphatic rings. The van der Waals surface area contributed by atoms with Gasteiger partial charge in [0, 0.05) is 0 Å². The van der Waals surface area contributed by atoms with Crippen molar-refractivity contribution in [1.82, 2.24) is 10.2 Å². The zero-order valence-electron chi connectivity index (χ0n) is 25.2. The van der Waals surface area contributed by atoms with E-state index >= 15 is 0 Å². The predicted octanol–water partition coefficient (Wildman–Crippen LogP) is 5.28. The molecule has 0 saturated heterocycles. The van der Waals surface area contributed by atoms with Gasteiger partial charge in [-0.1, -0.05) is 44.2 Å². The second-order valence-corrected chi connectivity index (χ2v) is 9.84. The van der Waals surface area contributed by atoms with Crippen LogP contribution in [0.25, 0.3) is 0 Å². The summed E-state index contributed by atoms with van der Waals surface area (Å²) in [4.78, 5) is 16.1.